The molecule has 0 aromatic heterocycles. The van der Waals surface area contributed by atoms with Gasteiger partial charge in [-0.2, -0.15) is 0 Å². The van der Waals surface area contributed by atoms with Crippen LogP contribution in [0.2, 0.25) is 0 Å². The first-order valence-corrected chi connectivity index (χ1v) is 10.2. The average molecular weight is 315 g/mol. The van der Waals surface area contributed by atoms with Crippen LogP contribution in [0.5, 0.6) is 0 Å². The molecule has 0 aliphatic carbocycles. The molecule has 1 unspecified atom stereocenters. The third-order valence-electron chi connectivity index (χ3n) is 5.42. The molecule has 3 aliphatic heterocycles. The second kappa shape index (κ2) is 6.94. The van der Waals surface area contributed by atoms with E-state index in [4.69, 9.17) is 0 Å². The molecule has 6 heteroatoms. The molecular weight excluding hydrogens is 286 g/mol. The van der Waals surface area contributed by atoms with Gasteiger partial charge in [-0.1, -0.05) is 0 Å². The normalized spacial score (nSPS) is 30.2. The molecule has 0 bridgehead atoms. The Balaban J connectivity index is 1.48. The minimum atomic E-state index is -3.04. The Morgan fingerprint density at radius 3 is 2.43 bits per heavy atom. The zero-order chi connectivity index (χ0) is 14.7. The Labute approximate surface area is 129 Å². The van der Waals surface area contributed by atoms with Crippen LogP contribution in [-0.4, -0.2) is 68.7 Å². The van der Waals surface area contributed by atoms with Gasteiger partial charge < -0.3 is 5.32 Å². The predicted octanol–water partition coefficient (Wildman–Crippen LogP) is 0.876. The largest absolute Gasteiger partial charge is 0.317 e. The van der Waals surface area contributed by atoms with E-state index in [9.17, 15) is 8.42 Å². The van der Waals surface area contributed by atoms with Gasteiger partial charge in [0.1, 0.15) is 0 Å². The molecule has 0 radical (unpaired) electrons. The maximum atomic E-state index is 12.5. The Kier molecular flexibility index (Phi) is 5.19. The first kappa shape index (κ1) is 15.7. The Morgan fingerprint density at radius 1 is 1.00 bits per heavy atom. The van der Waals surface area contributed by atoms with E-state index in [1.165, 1.54) is 12.8 Å². The smallest absolute Gasteiger partial charge is 0.214 e. The lowest BCUT2D eigenvalue weighted by atomic mass is 9.96. The number of hydrogen-bond donors (Lipinski definition) is 1. The fourth-order valence-electron chi connectivity index (χ4n) is 3.98. The second-order valence-corrected chi connectivity index (χ2v) is 8.93. The molecule has 3 aliphatic rings. The van der Waals surface area contributed by atoms with E-state index in [0.29, 0.717) is 17.7 Å². The number of hydrogen-bond acceptors (Lipinski definition) is 4. The minimum absolute atomic E-state index is 0.352. The number of nitrogens with one attached hydrogen (secondary N) is 1. The molecule has 21 heavy (non-hydrogen) atoms. The highest BCUT2D eigenvalue weighted by Gasteiger charge is 2.35. The fraction of sp³-hybridized carbons (Fsp3) is 1.00. The van der Waals surface area contributed by atoms with Gasteiger partial charge in [0.05, 0.1) is 5.75 Å². The van der Waals surface area contributed by atoms with E-state index in [1.54, 1.807) is 4.31 Å². The predicted molar refractivity (Wildman–Crippen MR) is 84.8 cm³/mol. The van der Waals surface area contributed by atoms with Gasteiger partial charge in [0.15, 0.2) is 0 Å². The van der Waals surface area contributed by atoms with Crippen molar-refractivity contribution in [3.63, 3.8) is 0 Å². The molecule has 3 fully saturated rings. The molecule has 5 nitrogen and oxygen atoms in total. The lowest BCUT2D eigenvalue weighted by Gasteiger charge is -2.25. The van der Waals surface area contributed by atoms with Crippen molar-refractivity contribution in [3.8, 4) is 0 Å². The van der Waals surface area contributed by atoms with Crippen molar-refractivity contribution < 1.29 is 8.42 Å². The van der Waals surface area contributed by atoms with Crippen LogP contribution in [-0.2, 0) is 10.0 Å². The highest BCUT2D eigenvalue weighted by molar-refractivity contribution is 7.89. The molecule has 0 spiro atoms. The highest BCUT2D eigenvalue weighted by atomic mass is 32.2. The van der Waals surface area contributed by atoms with Crippen molar-refractivity contribution in [3.05, 3.63) is 0 Å². The van der Waals surface area contributed by atoms with Crippen molar-refractivity contribution in [2.75, 3.05) is 45.0 Å². The zero-order valence-corrected chi connectivity index (χ0v) is 13.8. The summed E-state index contributed by atoms with van der Waals surface area (Å²) in [6.45, 7) is 5.88. The number of rotatable bonds is 5. The Hall–Kier alpha value is -0.170. The molecule has 0 aromatic carbocycles. The lowest BCUT2D eigenvalue weighted by Crippen LogP contribution is -2.38. The van der Waals surface area contributed by atoms with Gasteiger partial charge in [-0.15, -0.1) is 0 Å². The molecule has 3 saturated heterocycles. The third kappa shape index (κ3) is 3.97. The summed E-state index contributed by atoms with van der Waals surface area (Å²) in [5, 5.41) is 3.34. The summed E-state index contributed by atoms with van der Waals surface area (Å²) in [7, 11) is -3.04. The number of sulfonamides is 1. The first-order valence-electron chi connectivity index (χ1n) is 8.58. The molecule has 3 heterocycles. The maximum Gasteiger partial charge on any atom is 0.214 e. The van der Waals surface area contributed by atoms with Crippen LogP contribution in [0.25, 0.3) is 0 Å². The van der Waals surface area contributed by atoms with Gasteiger partial charge in [0.2, 0.25) is 10.0 Å². The van der Waals surface area contributed by atoms with Crippen LogP contribution in [0.3, 0.4) is 0 Å². The quantitative estimate of drug-likeness (QED) is 0.818. The topological polar surface area (TPSA) is 52.7 Å². The first-order chi connectivity index (χ1) is 10.1. The van der Waals surface area contributed by atoms with Crippen molar-refractivity contribution in [2.24, 2.45) is 5.92 Å². The molecular formula is C15H29N3O2S. The van der Waals surface area contributed by atoms with Crippen molar-refractivity contribution in [1.82, 2.24) is 14.5 Å². The third-order valence-corrected chi connectivity index (χ3v) is 7.29. The average Bonchev–Trinajstić information content (AvgIpc) is 3.17. The monoisotopic (exact) mass is 315 g/mol. The summed E-state index contributed by atoms with van der Waals surface area (Å²) < 4.78 is 26.8. The van der Waals surface area contributed by atoms with Crippen molar-refractivity contribution >= 4 is 10.0 Å². The van der Waals surface area contributed by atoms with Crippen LogP contribution in [0.1, 0.15) is 38.5 Å². The van der Waals surface area contributed by atoms with Crippen LogP contribution in [0, 0.1) is 5.92 Å². The van der Waals surface area contributed by atoms with Crippen molar-refractivity contribution in [1.29, 1.82) is 0 Å². The second-order valence-electron chi connectivity index (χ2n) is 6.84. The minimum Gasteiger partial charge on any atom is -0.317 e. The van der Waals surface area contributed by atoms with Crippen molar-refractivity contribution in [2.45, 2.75) is 44.6 Å². The fourth-order valence-corrected chi connectivity index (χ4v) is 5.66. The van der Waals surface area contributed by atoms with E-state index in [-0.39, 0.29) is 0 Å². The standard InChI is InChI=1S/C15H29N3O2S/c19-21(20,12-6-14-3-7-16-8-4-14)18-11-5-15(13-18)17-9-1-2-10-17/h14-16H,1-13H2. The van der Waals surface area contributed by atoms with Gasteiger partial charge in [-0.3, -0.25) is 4.90 Å². The van der Waals surface area contributed by atoms with Gasteiger partial charge in [0, 0.05) is 19.1 Å². The van der Waals surface area contributed by atoms with Gasteiger partial charge >= 0.3 is 0 Å². The van der Waals surface area contributed by atoms with E-state index in [1.807, 2.05) is 0 Å². The molecule has 0 aromatic rings. The molecule has 0 amide bonds. The number of nitrogens with zero attached hydrogens (tertiary/aromatic N) is 2. The van der Waals surface area contributed by atoms with Crippen LogP contribution < -0.4 is 5.32 Å². The molecule has 122 valence electrons. The summed E-state index contributed by atoms with van der Waals surface area (Å²) in [6, 6.07) is 0.473. The zero-order valence-electron chi connectivity index (χ0n) is 13.0. The summed E-state index contributed by atoms with van der Waals surface area (Å²) in [4.78, 5) is 2.49. The van der Waals surface area contributed by atoms with E-state index >= 15 is 0 Å². The molecule has 1 atom stereocenters. The maximum absolute atomic E-state index is 12.5. The summed E-state index contributed by atoms with van der Waals surface area (Å²) in [6.07, 6.45) is 6.68. The lowest BCUT2D eigenvalue weighted by molar-refractivity contribution is 0.251. The van der Waals surface area contributed by atoms with Crippen LogP contribution >= 0.6 is 0 Å². The molecule has 0 saturated carbocycles. The molecule has 3 rings (SSSR count). The van der Waals surface area contributed by atoms with E-state index in [2.05, 4.69) is 10.2 Å². The van der Waals surface area contributed by atoms with Gasteiger partial charge in [-0.25, -0.2) is 12.7 Å². The Bertz CT molecular complexity index is 428. The Morgan fingerprint density at radius 2 is 1.71 bits per heavy atom. The SMILES string of the molecule is O=S(=O)(CCC1CCNCC1)N1CCC(N2CCCC2)C1. The van der Waals surface area contributed by atoms with Crippen LogP contribution in [0.4, 0.5) is 0 Å². The number of piperidine rings is 1. The van der Waals surface area contributed by atoms with Crippen LogP contribution in [0.15, 0.2) is 0 Å². The molecule has 1 N–H and O–H groups in total. The van der Waals surface area contributed by atoms with Gasteiger partial charge in [-0.05, 0) is 70.6 Å². The summed E-state index contributed by atoms with van der Waals surface area (Å²) in [5.41, 5.74) is 0. The number of likely N-dealkylation sites (tertiary alicyclic amines) is 1. The van der Waals surface area contributed by atoms with Gasteiger partial charge in [0.25, 0.3) is 0 Å². The highest BCUT2D eigenvalue weighted by Crippen LogP contribution is 2.24. The van der Waals surface area contributed by atoms with E-state index < -0.39 is 10.0 Å². The summed E-state index contributed by atoms with van der Waals surface area (Å²) >= 11 is 0. The van der Waals surface area contributed by atoms with E-state index in [0.717, 1.165) is 65.0 Å². The summed E-state index contributed by atoms with van der Waals surface area (Å²) in [5.74, 6) is 0.947.